The van der Waals surface area contributed by atoms with Crippen LogP contribution in [0.4, 0.5) is 10.1 Å². The van der Waals surface area contributed by atoms with Crippen LogP contribution in [0.5, 0.6) is 0 Å². The summed E-state index contributed by atoms with van der Waals surface area (Å²) < 4.78 is 13.0. The topological polar surface area (TPSA) is 47.1 Å². The minimum Gasteiger partial charge on any atom is -0.374 e. The van der Waals surface area contributed by atoms with E-state index in [9.17, 15) is 14.0 Å². The summed E-state index contributed by atoms with van der Waals surface area (Å²) in [5, 5.41) is 0. The highest BCUT2D eigenvalue weighted by atomic mass is 19.1. The fraction of sp³-hybridized carbons (Fsp3) is 0.556. The maximum atomic E-state index is 13.0. The molecule has 1 atom stereocenters. The van der Waals surface area contributed by atoms with Gasteiger partial charge in [-0.25, -0.2) is 4.39 Å². The third-order valence-electron chi connectivity index (χ3n) is 4.66. The van der Waals surface area contributed by atoms with Crippen LogP contribution in [0, 0.1) is 5.82 Å². The number of halogens is 1. The Kier molecular flexibility index (Phi) is 6.36. The smallest absolute Gasteiger partial charge is 0.241 e. The lowest BCUT2D eigenvalue weighted by Crippen LogP contribution is -2.58. The third kappa shape index (κ3) is 4.92. The lowest BCUT2D eigenvalue weighted by molar-refractivity contribution is -0.141. The van der Waals surface area contributed by atoms with Gasteiger partial charge in [0.2, 0.25) is 11.8 Å². The van der Waals surface area contributed by atoms with E-state index < -0.39 is 0 Å². The quantitative estimate of drug-likeness (QED) is 0.791. The van der Waals surface area contributed by atoms with Gasteiger partial charge in [0.25, 0.3) is 0 Å². The van der Waals surface area contributed by atoms with Gasteiger partial charge in [0.1, 0.15) is 11.9 Å². The lowest BCUT2D eigenvalue weighted by atomic mass is 10.1. The average Bonchev–Trinajstić information content (AvgIpc) is 2.59. The van der Waals surface area contributed by atoms with Crippen LogP contribution < -0.4 is 4.90 Å². The third-order valence-corrected chi connectivity index (χ3v) is 4.66. The number of nitrogens with zero attached hydrogens (tertiary/aromatic N) is 4. The first-order chi connectivity index (χ1) is 11.8. The molecule has 2 amide bonds. The van der Waals surface area contributed by atoms with E-state index in [4.69, 9.17) is 0 Å². The number of benzene rings is 1. The minimum atomic E-state index is -0.289. The summed E-state index contributed by atoms with van der Waals surface area (Å²) in [6, 6.07) is 5.92. The molecule has 2 rings (SSSR count). The highest BCUT2D eigenvalue weighted by Crippen LogP contribution is 2.15. The van der Waals surface area contributed by atoms with Gasteiger partial charge in [-0.05, 0) is 31.3 Å². The zero-order chi connectivity index (χ0) is 18.6. The molecule has 1 saturated heterocycles. The van der Waals surface area contributed by atoms with Gasteiger partial charge in [-0.3, -0.25) is 14.5 Å². The monoisotopic (exact) mass is 350 g/mol. The predicted octanol–water partition coefficient (Wildman–Crippen LogP) is 0.883. The molecule has 0 spiro atoms. The van der Waals surface area contributed by atoms with Crippen molar-refractivity contribution in [3.05, 3.63) is 30.1 Å². The average molecular weight is 350 g/mol. The molecule has 1 aromatic carbocycles. The summed E-state index contributed by atoms with van der Waals surface area (Å²) in [6.45, 7) is 2.28. The highest BCUT2D eigenvalue weighted by Gasteiger charge is 2.32. The Hall–Kier alpha value is -2.15. The fourth-order valence-electron chi connectivity index (χ4n) is 2.91. The summed E-state index contributed by atoms with van der Waals surface area (Å²) in [4.78, 5) is 32.0. The van der Waals surface area contributed by atoms with E-state index in [2.05, 4.69) is 0 Å². The van der Waals surface area contributed by atoms with Crippen molar-refractivity contribution in [3.8, 4) is 0 Å². The first-order valence-electron chi connectivity index (χ1n) is 8.45. The Morgan fingerprint density at radius 1 is 1.16 bits per heavy atom. The molecule has 0 saturated carbocycles. The maximum Gasteiger partial charge on any atom is 0.241 e. The van der Waals surface area contributed by atoms with E-state index in [1.807, 2.05) is 23.9 Å². The molecule has 1 fully saturated rings. The van der Waals surface area contributed by atoms with Crippen LogP contribution in [-0.4, -0.2) is 86.9 Å². The SMILES string of the molecule is CN(C)C(=O)C1CN(C(=O)CCN(C)c2ccc(F)cc2)CCN1C. The summed E-state index contributed by atoms with van der Waals surface area (Å²) in [5.74, 6) is -0.218. The second kappa shape index (κ2) is 8.29. The van der Waals surface area contributed by atoms with E-state index in [0.717, 1.165) is 5.69 Å². The van der Waals surface area contributed by atoms with Gasteiger partial charge in [0.15, 0.2) is 0 Å². The molecular formula is C18H27FN4O2. The van der Waals surface area contributed by atoms with Crippen molar-refractivity contribution < 1.29 is 14.0 Å². The van der Waals surface area contributed by atoms with Gasteiger partial charge in [0.05, 0.1) is 0 Å². The van der Waals surface area contributed by atoms with Gasteiger partial charge >= 0.3 is 0 Å². The summed E-state index contributed by atoms with van der Waals surface area (Å²) >= 11 is 0. The Balaban J connectivity index is 1.89. The van der Waals surface area contributed by atoms with E-state index >= 15 is 0 Å². The number of amides is 2. The summed E-state index contributed by atoms with van der Waals surface area (Å²) in [6.07, 6.45) is 0.362. The minimum absolute atomic E-state index is 0.0171. The number of rotatable bonds is 5. The van der Waals surface area contributed by atoms with Crippen LogP contribution in [0.1, 0.15) is 6.42 Å². The maximum absolute atomic E-state index is 13.0. The first-order valence-corrected chi connectivity index (χ1v) is 8.45. The largest absolute Gasteiger partial charge is 0.374 e. The van der Waals surface area contributed by atoms with Crippen molar-refractivity contribution >= 4 is 17.5 Å². The van der Waals surface area contributed by atoms with Crippen LogP contribution in [0.2, 0.25) is 0 Å². The van der Waals surface area contributed by atoms with Crippen molar-refractivity contribution in [2.24, 2.45) is 0 Å². The number of piperazine rings is 1. The zero-order valence-corrected chi connectivity index (χ0v) is 15.4. The summed E-state index contributed by atoms with van der Waals surface area (Å²) in [5.41, 5.74) is 0.869. The van der Waals surface area contributed by atoms with E-state index in [1.165, 1.54) is 12.1 Å². The van der Waals surface area contributed by atoms with Gasteiger partial charge in [-0.2, -0.15) is 0 Å². The van der Waals surface area contributed by atoms with Crippen LogP contribution >= 0.6 is 0 Å². The van der Waals surface area contributed by atoms with Crippen molar-refractivity contribution in [1.29, 1.82) is 0 Å². The van der Waals surface area contributed by atoms with Crippen LogP contribution in [0.15, 0.2) is 24.3 Å². The molecule has 1 aliphatic heterocycles. The highest BCUT2D eigenvalue weighted by molar-refractivity contribution is 5.83. The van der Waals surface area contributed by atoms with E-state index in [0.29, 0.717) is 32.6 Å². The van der Waals surface area contributed by atoms with Crippen molar-refractivity contribution in [3.63, 3.8) is 0 Å². The van der Waals surface area contributed by atoms with Gasteiger partial charge in [0, 0.05) is 59.4 Å². The van der Waals surface area contributed by atoms with Crippen molar-refractivity contribution in [2.45, 2.75) is 12.5 Å². The van der Waals surface area contributed by atoms with Crippen molar-refractivity contribution in [1.82, 2.24) is 14.7 Å². The first kappa shape index (κ1) is 19.2. The Morgan fingerprint density at radius 3 is 2.40 bits per heavy atom. The molecule has 1 aliphatic rings. The Labute approximate surface area is 148 Å². The number of hydrogen-bond donors (Lipinski definition) is 0. The van der Waals surface area contributed by atoms with Crippen LogP contribution in [0.25, 0.3) is 0 Å². The molecule has 138 valence electrons. The molecule has 0 aliphatic carbocycles. The van der Waals surface area contributed by atoms with Gasteiger partial charge in [-0.1, -0.05) is 0 Å². The van der Waals surface area contributed by atoms with Crippen molar-refractivity contribution in [2.75, 3.05) is 59.3 Å². The molecule has 0 radical (unpaired) electrons. The molecule has 1 aromatic rings. The molecule has 0 N–H and O–H groups in total. The van der Waals surface area contributed by atoms with Crippen LogP contribution in [0.3, 0.4) is 0 Å². The number of anilines is 1. The second-order valence-electron chi connectivity index (χ2n) is 6.72. The predicted molar refractivity (Wildman–Crippen MR) is 96.0 cm³/mol. The molecule has 25 heavy (non-hydrogen) atoms. The zero-order valence-electron chi connectivity index (χ0n) is 15.4. The fourth-order valence-corrected chi connectivity index (χ4v) is 2.91. The lowest BCUT2D eigenvalue weighted by Gasteiger charge is -2.39. The normalized spacial score (nSPS) is 18.1. The number of carbonyl (C=O) groups excluding carboxylic acids is 2. The molecule has 6 nitrogen and oxygen atoms in total. The second-order valence-corrected chi connectivity index (χ2v) is 6.72. The van der Waals surface area contributed by atoms with Gasteiger partial charge in [-0.15, -0.1) is 0 Å². The molecule has 1 unspecified atom stereocenters. The summed E-state index contributed by atoms with van der Waals surface area (Å²) in [7, 11) is 7.25. The Morgan fingerprint density at radius 2 is 1.80 bits per heavy atom. The molecule has 0 bridgehead atoms. The Bertz CT molecular complexity index is 606. The molecule has 0 aromatic heterocycles. The van der Waals surface area contributed by atoms with E-state index in [-0.39, 0.29) is 23.7 Å². The number of likely N-dealkylation sites (N-methyl/N-ethyl adjacent to an activating group) is 2. The standard InChI is InChI=1S/C18H27FN4O2/c1-20(2)18(25)16-13-23(12-11-22(16)4)17(24)9-10-21(3)15-7-5-14(19)6-8-15/h5-8,16H,9-13H2,1-4H3. The van der Waals surface area contributed by atoms with E-state index in [1.54, 1.807) is 36.0 Å². The molecule has 1 heterocycles. The van der Waals surface area contributed by atoms with Gasteiger partial charge < -0.3 is 14.7 Å². The molecular weight excluding hydrogens is 323 g/mol. The molecule has 7 heteroatoms. The number of hydrogen-bond acceptors (Lipinski definition) is 4. The van der Waals surface area contributed by atoms with Crippen LogP contribution in [-0.2, 0) is 9.59 Å². The number of carbonyl (C=O) groups is 2.